The van der Waals surface area contributed by atoms with Gasteiger partial charge in [0.1, 0.15) is 0 Å². The predicted octanol–water partition coefficient (Wildman–Crippen LogP) is 5.31. The molecule has 2 aromatic carbocycles. The van der Waals surface area contributed by atoms with Crippen molar-refractivity contribution in [1.29, 1.82) is 0 Å². The summed E-state index contributed by atoms with van der Waals surface area (Å²) in [4.78, 5) is 8.48. The summed E-state index contributed by atoms with van der Waals surface area (Å²) in [6.45, 7) is 0.0315. The van der Waals surface area contributed by atoms with E-state index in [2.05, 4.69) is 9.97 Å². The summed E-state index contributed by atoms with van der Waals surface area (Å²) >= 11 is 0. The molecule has 1 aromatic heterocycles. The minimum Gasteiger partial charge on any atom is -0.325 e. The maximum atomic E-state index is 12.7. The molecule has 1 heterocycles. The summed E-state index contributed by atoms with van der Waals surface area (Å²) < 4.78 is 76.3. The molecule has 0 aliphatic rings. The third-order valence-corrected chi connectivity index (χ3v) is 3.97. The highest BCUT2D eigenvalue weighted by atomic mass is 19.4. The average molecular weight is 397 g/mol. The lowest BCUT2D eigenvalue weighted by Crippen LogP contribution is -2.06. The van der Waals surface area contributed by atoms with Crippen LogP contribution in [0.1, 0.15) is 16.8 Å². The van der Waals surface area contributed by atoms with Crippen LogP contribution in [0, 0.1) is 0 Å². The molecule has 9 heteroatoms. The third kappa shape index (κ3) is 4.30. The van der Waals surface area contributed by atoms with Crippen LogP contribution in [0.25, 0.3) is 22.6 Å². The molecule has 0 bridgehead atoms. The van der Waals surface area contributed by atoms with E-state index in [0.29, 0.717) is 22.5 Å². The molecule has 0 saturated carbocycles. The van der Waals surface area contributed by atoms with Gasteiger partial charge in [0.15, 0.2) is 5.82 Å². The molecular weight excluding hydrogens is 384 g/mol. The molecular formula is C19H13F6N3. The highest BCUT2D eigenvalue weighted by Gasteiger charge is 2.31. The second-order valence-electron chi connectivity index (χ2n) is 5.92. The van der Waals surface area contributed by atoms with Gasteiger partial charge in [-0.3, -0.25) is 0 Å². The molecule has 0 unspecified atom stereocenters. The van der Waals surface area contributed by atoms with Crippen molar-refractivity contribution in [2.24, 2.45) is 5.73 Å². The number of nitrogens with zero attached hydrogens (tertiary/aromatic N) is 2. The van der Waals surface area contributed by atoms with Crippen LogP contribution in [-0.2, 0) is 18.9 Å². The Morgan fingerprint density at radius 3 is 1.57 bits per heavy atom. The third-order valence-electron chi connectivity index (χ3n) is 3.97. The molecule has 3 aromatic rings. The predicted molar refractivity (Wildman–Crippen MR) is 90.8 cm³/mol. The normalized spacial score (nSPS) is 12.2. The first-order chi connectivity index (χ1) is 13.1. The molecule has 0 aliphatic heterocycles. The van der Waals surface area contributed by atoms with E-state index in [0.717, 1.165) is 24.3 Å². The SMILES string of the molecule is NCc1cc(-c2ccc(C(F)(F)F)cc2)nc(-c2ccc(C(F)(F)F)cc2)n1. The highest BCUT2D eigenvalue weighted by molar-refractivity contribution is 5.64. The first-order valence-corrected chi connectivity index (χ1v) is 8.01. The standard InChI is InChI=1S/C19H13F6N3/c20-18(21,22)13-5-1-11(2-6-13)16-9-15(10-26)27-17(28-16)12-3-7-14(8-4-12)19(23,24)25/h1-9H,10,26H2. The summed E-state index contributed by atoms with van der Waals surface area (Å²) in [5.41, 5.74) is 5.46. The zero-order valence-corrected chi connectivity index (χ0v) is 14.1. The van der Waals surface area contributed by atoms with Crippen molar-refractivity contribution in [2.75, 3.05) is 0 Å². The number of halogens is 6. The van der Waals surface area contributed by atoms with Crippen LogP contribution in [0.5, 0.6) is 0 Å². The molecule has 0 fully saturated rings. The van der Waals surface area contributed by atoms with E-state index < -0.39 is 23.5 Å². The van der Waals surface area contributed by atoms with Gasteiger partial charge in [-0.15, -0.1) is 0 Å². The lowest BCUT2D eigenvalue weighted by atomic mass is 10.1. The van der Waals surface area contributed by atoms with Crippen molar-refractivity contribution in [3.63, 3.8) is 0 Å². The van der Waals surface area contributed by atoms with Crippen molar-refractivity contribution in [3.8, 4) is 22.6 Å². The molecule has 0 spiro atoms. The minimum absolute atomic E-state index is 0.0315. The lowest BCUT2D eigenvalue weighted by Gasteiger charge is -2.11. The first kappa shape index (κ1) is 19.8. The Morgan fingerprint density at radius 2 is 1.14 bits per heavy atom. The smallest absolute Gasteiger partial charge is 0.325 e. The highest BCUT2D eigenvalue weighted by Crippen LogP contribution is 2.32. The van der Waals surface area contributed by atoms with Crippen LogP contribution in [0.4, 0.5) is 26.3 Å². The van der Waals surface area contributed by atoms with Gasteiger partial charge >= 0.3 is 12.4 Å². The summed E-state index contributed by atoms with van der Waals surface area (Å²) in [7, 11) is 0. The van der Waals surface area contributed by atoms with Crippen molar-refractivity contribution < 1.29 is 26.3 Å². The summed E-state index contributed by atoms with van der Waals surface area (Å²) in [6.07, 6.45) is -8.93. The van der Waals surface area contributed by atoms with E-state index >= 15 is 0 Å². The molecule has 0 saturated heterocycles. The Hall–Kier alpha value is -2.94. The fourth-order valence-electron chi connectivity index (χ4n) is 2.52. The topological polar surface area (TPSA) is 51.8 Å². The van der Waals surface area contributed by atoms with Gasteiger partial charge in [0.2, 0.25) is 0 Å². The Kier molecular flexibility index (Phi) is 5.12. The summed E-state index contributed by atoms with van der Waals surface area (Å²) in [5, 5.41) is 0. The fourth-order valence-corrected chi connectivity index (χ4v) is 2.52. The van der Waals surface area contributed by atoms with Crippen molar-refractivity contribution in [3.05, 3.63) is 71.4 Å². The molecule has 0 radical (unpaired) electrons. The number of rotatable bonds is 3. The number of nitrogens with two attached hydrogens (primary N) is 1. The maximum absolute atomic E-state index is 12.7. The Labute approximate surface area is 155 Å². The Balaban J connectivity index is 2.01. The monoisotopic (exact) mass is 397 g/mol. The minimum atomic E-state index is -4.47. The van der Waals surface area contributed by atoms with Gasteiger partial charge < -0.3 is 5.73 Å². The van der Waals surface area contributed by atoms with Gasteiger partial charge in [0.25, 0.3) is 0 Å². The Bertz CT molecular complexity index is 885. The van der Waals surface area contributed by atoms with E-state index in [1.807, 2.05) is 0 Å². The van der Waals surface area contributed by atoms with Crippen LogP contribution in [0.3, 0.4) is 0 Å². The number of hydrogen-bond acceptors (Lipinski definition) is 3. The summed E-state index contributed by atoms with van der Waals surface area (Å²) in [5.74, 6) is 0.131. The average Bonchev–Trinajstić information content (AvgIpc) is 2.66. The van der Waals surface area contributed by atoms with Gasteiger partial charge in [0, 0.05) is 17.7 Å². The van der Waals surface area contributed by atoms with E-state index in [4.69, 9.17) is 5.73 Å². The molecule has 0 aliphatic carbocycles. The zero-order valence-electron chi connectivity index (χ0n) is 14.1. The largest absolute Gasteiger partial charge is 0.416 e. The molecule has 28 heavy (non-hydrogen) atoms. The Morgan fingerprint density at radius 1 is 0.679 bits per heavy atom. The van der Waals surface area contributed by atoms with Crippen molar-refractivity contribution >= 4 is 0 Å². The lowest BCUT2D eigenvalue weighted by molar-refractivity contribution is -0.138. The van der Waals surface area contributed by atoms with Crippen LogP contribution in [0.15, 0.2) is 54.6 Å². The van der Waals surface area contributed by atoms with Crippen LogP contribution < -0.4 is 5.73 Å². The van der Waals surface area contributed by atoms with E-state index in [1.54, 1.807) is 0 Å². The quantitative estimate of drug-likeness (QED) is 0.610. The van der Waals surface area contributed by atoms with Crippen LogP contribution in [0.2, 0.25) is 0 Å². The number of benzene rings is 2. The molecule has 146 valence electrons. The molecule has 3 rings (SSSR count). The van der Waals surface area contributed by atoms with E-state index in [9.17, 15) is 26.3 Å². The van der Waals surface area contributed by atoms with Gasteiger partial charge in [-0.2, -0.15) is 26.3 Å². The van der Waals surface area contributed by atoms with Gasteiger partial charge in [-0.1, -0.05) is 24.3 Å². The molecule has 2 N–H and O–H groups in total. The van der Waals surface area contributed by atoms with Crippen molar-refractivity contribution in [2.45, 2.75) is 18.9 Å². The molecule has 0 atom stereocenters. The van der Waals surface area contributed by atoms with Gasteiger partial charge in [0.05, 0.1) is 22.5 Å². The summed E-state index contributed by atoms with van der Waals surface area (Å²) in [6, 6.07) is 10.2. The second kappa shape index (κ2) is 7.23. The zero-order chi connectivity index (χ0) is 20.5. The van der Waals surface area contributed by atoms with Gasteiger partial charge in [-0.25, -0.2) is 9.97 Å². The van der Waals surface area contributed by atoms with E-state index in [-0.39, 0.29) is 12.4 Å². The molecule has 3 nitrogen and oxygen atoms in total. The first-order valence-electron chi connectivity index (χ1n) is 8.01. The number of hydrogen-bond donors (Lipinski definition) is 1. The van der Waals surface area contributed by atoms with Crippen LogP contribution in [-0.4, -0.2) is 9.97 Å². The number of alkyl halides is 6. The number of aromatic nitrogens is 2. The second-order valence-corrected chi connectivity index (χ2v) is 5.92. The maximum Gasteiger partial charge on any atom is 0.416 e. The van der Waals surface area contributed by atoms with Crippen LogP contribution >= 0.6 is 0 Å². The van der Waals surface area contributed by atoms with E-state index in [1.165, 1.54) is 30.3 Å². The molecule has 0 amide bonds. The van der Waals surface area contributed by atoms with Gasteiger partial charge in [-0.05, 0) is 30.3 Å². The van der Waals surface area contributed by atoms with Crippen molar-refractivity contribution in [1.82, 2.24) is 9.97 Å². The fraction of sp³-hybridized carbons (Fsp3) is 0.158.